The van der Waals surface area contributed by atoms with E-state index in [0.29, 0.717) is 0 Å². The Labute approximate surface area is 167 Å². The zero-order valence-electron chi connectivity index (χ0n) is 15.5. The van der Waals surface area contributed by atoms with Crippen LogP contribution in [0.2, 0.25) is 0 Å². The van der Waals surface area contributed by atoms with E-state index >= 15 is 0 Å². The molecule has 0 spiro atoms. The van der Waals surface area contributed by atoms with Crippen molar-refractivity contribution in [3.05, 3.63) is 107 Å². The first-order chi connectivity index (χ1) is 14.1. The lowest BCUT2D eigenvalue weighted by Gasteiger charge is -2.14. The number of carbonyl (C=O) groups is 2. The molecule has 2 amide bonds. The highest BCUT2D eigenvalue weighted by atomic mass is 19.1. The molecular weight excluding hydrogens is 369 g/mol. The number of hydrogen-bond acceptors (Lipinski definition) is 2. The summed E-state index contributed by atoms with van der Waals surface area (Å²) in [5.74, 6) is -1.18. The van der Waals surface area contributed by atoms with Gasteiger partial charge in [-0.15, -0.1) is 10.1 Å². The largest absolute Gasteiger partial charge is 0.334 e. The van der Waals surface area contributed by atoms with Crippen LogP contribution < -0.4 is 10.7 Å². The van der Waals surface area contributed by atoms with Gasteiger partial charge in [-0.05, 0) is 36.4 Å². The number of nitrogens with zero attached hydrogens (tertiary/aromatic N) is 1. The first-order valence-corrected chi connectivity index (χ1v) is 9.22. The lowest BCUT2D eigenvalue weighted by Crippen LogP contribution is -2.42. The first-order valence-electron chi connectivity index (χ1n) is 9.22. The molecule has 0 radical (unpaired) electrons. The Bertz CT molecular complexity index is 1050. The molecule has 3 aromatic rings. The van der Waals surface area contributed by atoms with E-state index in [9.17, 15) is 14.0 Å². The SMILES string of the molecule is O=C(N[C@H]1C(=O)N/[N+](=C\c2ccccc2)[C@H]1c1ccccc1)c1ccc(F)cc1. The molecule has 1 fully saturated rings. The molecular formula is C23H19FN3O2+. The van der Waals surface area contributed by atoms with Gasteiger partial charge < -0.3 is 5.32 Å². The number of carbonyl (C=O) groups excluding carboxylic acids is 2. The van der Waals surface area contributed by atoms with Gasteiger partial charge in [0.1, 0.15) is 5.82 Å². The fourth-order valence-corrected chi connectivity index (χ4v) is 3.36. The molecule has 0 bridgehead atoms. The van der Waals surface area contributed by atoms with Crippen LogP contribution in [0.5, 0.6) is 0 Å². The third-order valence-corrected chi connectivity index (χ3v) is 4.76. The molecule has 2 N–H and O–H groups in total. The minimum absolute atomic E-state index is 0.288. The quantitative estimate of drug-likeness (QED) is 0.676. The molecule has 1 aliphatic rings. The molecule has 2 atom stereocenters. The summed E-state index contributed by atoms with van der Waals surface area (Å²) in [7, 11) is 0. The van der Waals surface area contributed by atoms with Gasteiger partial charge in [-0.1, -0.05) is 48.5 Å². The maximum atomic E-state index is 13.2. The van der Waals surface area contributed by atoms with E-state index in [-0.39, 0.29) is 11.5 Å². The van der Waals surface area contributed by atoms with Crippen molar-refractivity contribution in [2.75, 3.05) is 0 Å². The van der Waals surface area contributed by atoms with Crippen molar-refractivity contribution in [2.24, 2.45) is 0 Å². The highest BCUT2D eigenvalue weighted by molar-refractivity contribution is 5.98. The van der Waals surface area contributed by atoms with Crippen molar-refractivity contribution in [3.8, 4) is 0 Å². The molecule has 0 aromatic heterocycles. The van der Waals surface area contributed by atoms with Crippen LogP contribution in [0, 0.1) is 5.82 Å². The predicted octanol–water partition coefficient (Wildman–Crippen LogP) is 2.84. The Hall–Kier alpha value is -3.80. The second-order valence-corrected chi connectivity index (χ2v) is 6.74. The highest BCUT2D eigenvalue weighted by Crippen LogP contribution is 2.25. The van der Waals surface area contributed by atoms with Gasteiger partial charge in [0.25, 0.3) is 5.91 Å². The third kappa shape index (κ3) is 4.06. The summed E-state index contributed by atoms with van der Waals surface area (Å²) >= 11 is 0. The van der Waals surface area contributed by atoms with Crippen LogP contribution in [-0.4, -0.2) is 28.8 Å². The van der Waals surface area contributed by atoms with Crippen LogP contribution in [0.1, 0.15) is 27.5 Å². The van der Waals surface area contributed by atoms with Gasteiger partial charge in [0.05, 0.1) is 0 Å². The smallest absolute Gasteiger partial charge is 0.304 e. The van der Waals surface area contributed by atoms with Crippen molar-refractivity contribution in [3.63, 3.8) is 0 Å². The number of hydrazine groups is 1. The summed E-state index contributed by atoms with van der Waals surface area (Å²) in [6.07, 6.45) is 1.83. The Kier molecular flexibility index (Phi) is 5.16. The zero-order chi connectivity index (χ0) is 20.2. The maximum absolute atomic E-state index is 13.2. The fourth-order valence-electron chi connectivity index (χ4n) is 3.36. The number of halogens is 1. The number of nitrogens with one attached hydrogen (secondary N) is 2. The third-order valence-electron chi connectivity index (χ3n) is 4.76. The molecule has 6 heteroatoms. The van der Waals surface area contributed by atoms with Gasteiger partial charge in [0.2, 0.25) is 12.3 Å². The summed E-state index contributed by atoms with van der Waals surface area (Å²) < 4.78 is 14.9. The van der Waals surface area contributed by atoms with E-state index in [1.54, 1.807) is 4.68 Å². The molecule has 0 saturated carbocycles. The lowest BCUT2D eigenvalue weighted by atomic mass is 10.00. The van der Waals surface area contributed by atoms with Gasteiger partial charge in [0, 0.05) is 16.7 Å². The highest BCUT2D eigenvalue weighted by Gasteiger charge is 2.47. The Balaban J connectivity index is 1.68. The average molecular weight is 388 g/mol. The molecule has 1 saturated heterocycles. The van der Waals surface area contributed by atoms with E-state index in [4.69, 9.17) is 0 Å². The molecule has 1 heterocycles. The number of hydrogen-bond donors (Lipinski definition) is 2. The molecule has 144 valence electrons. The fraction of sp³-hybridized carbons (Fsp3) is 0.0870. The van der Waals surface area contributed by atoms with Crippen LogP contribution in [0.3, 0.4) is 0 Å². The monoisotopic (exact) mass is 388 g/mol. The zero-order valence-corrected chi connectivity index (χ0v) is 15.5. The topological polar surface area (TPSA) is 61.2 Å². The lowest BCUT2D eigenvalue weighted by molar-refractivity contribution is -0.596. The molecule has 29 heavy (non-hydrogen) atoms. The van der Waals surface area contributed by atoms with E-state index in [1.165, 1.54) is 24.3 Å². The molecule has 5 nitrogen and oxygen atoms in total. The van der Waals surface area contributed by atoms with Crippen LogP contribution in [0.4, 0.5) is 4.39 Å². The molecule has 4 rings (SSSR count). The van der Waals surface area contributed by atoms with Crippen LogP contribution in [-0.2, 0) is 4.79 Å². The van der Waals surface area contributed by atoms with Crippen molar-refractivity contribution in [2.45, 2.75) is 12.1 Å². The van der Waals surface area contributed by atoms with E-state index in [0.717, 1.165) is 11.1 Å². The Morgan fingerprint density at radius 1 is 0.931 bits per heavy atom. The van der Waals surface area contributed by atoms with Crippen molar-refractivity contribution in [1.29, 1.82) is 0 Å². The average Bonchev–Trinajstić information content (AvgIpc) is 3.04. The Morgan fingerprint density at radius 2 is 1.55 bits per heavy atom. The van der Waals surface area contributed by atoms with Crippen LogP contribution >= 0.6 is 0 Å². The summed E-state index contributed by atoms with van der Waals surface area (Å²) in [5.41, 5.74) is 4.91. The van der Waals surface area contributed by atoms with Gasteiger partial charge >= 0.3 is 5.91 Å². The van der Waals surface area contributed by atoms with Gasteiger partial charge in [0.15, 0.2) is 6.04 Å². The number of hydrazone groups is 1. The van der Waals surface area contributed by atoms with E-state index < -0.39 is 23.8 Å². The summed E-state index contributed by atoms with van der Waals surface area (Å²) in [5, 5.41) is 2.79. The maximum Gasteiger partial charge on any atom is 0.304 e. The molecule has 0 aliphatic carbocycles. The molecule has 0 unspecified atom stereocenters. The van der Waals surface area contributed by atoms with Crippen LogP contribution in [0.25, 0.3) is 0 Å². The van der Waals surface area contributed by atoms with Gasteiger partial charge in [-0.25, -0.2) is 4.39 Å². The summed E-state index contributed by atoms with van der Waals surface area (Å²) in [6.45, 7) is 0. The summed E-state index contributed by atoms with van der Waals surface area (Å²) in [6, 6.07) is 23.1. The van der Waals surface area contributed by atoms with Crippen molar-refractivity contribution in [1.82, 2.24) is 10.7 Å². The number of benzene rings is 3. The molecule has 1 aliphatic heterocycles. The van der Waals surface area contributed by atoms with E-state index in [1.807, 2.05) is 66.9 Å². The minimum Gasteiger partial charge on any atom is -0.334 e. The number of amides is 2. The first kappa shape index (κ1) is 18.6. The standard InChI is InChI=1S/C23H18FN3O2/c24-19-13-11-18(12-14-19)22(28)25-20-21(17-9-5-2-6-10-17)27(26-23(20)29)15-16-7-3-1-4-8-16/h1-15,20-21H,(H-,25,26,28,29)/p+1/b27-15-/t20-,21+/m1/s1. The Morgan fingerprint density at radius 3 is 2.21 bits per heavy atom. The van der Waals surface area contributed by atoms with Crippen molar-refractivity contribution < 1.29 is 18.7 Å². The second kappa shape index (κ2) is 8.06. The van der Waals surface area contributed by atoms with Gasteiger partial charge in [-0.2, -0.15) is 0 Å². The summed E-state index contributed by atoms with van der Waals surface area (Å²) in [4.78, 5) is 25.4. The van der Waals surface area contributed by atoms with Gasteiger partial charge in [-0.3, -0.25) is 9.59 Å². The van der Waals surface area contributed by atoms with E-state index in [2.05, 4.69) is 10.7 Å². The normalized spacial score (nSPS) is 19.8. The van der Waals surface area contributed by atoms with Crippen LogP contribution in [0.15, 0.2) is 84.9 Å². The van der Waals surface area contributed by atoms with Crippen molar-refractivity contribution >= 4 is 18.0 Å². The second-order valence-electron chi connectivity index (χ2n) is 6.74. The predicted molar refractivity (Wildman–Crippen MR) is 107 cm³/mol. The minimum atomic E-state index is -0.810. The molecule has 3 aromatic carbocycles. The number of rotatable bonds is 4.